The third kappa shape index (κ3) is 5.15. The third-order valence-corrected chi connectivity index (χ3v) is 2.57. The van der Waals surface area contributed by atoms with Crippen LogP contribution in [0, 0.1) is 5.92 Å². The molecule has 0 saturated carbocycles. The number of amides is 3. The van der Waals surface area contributed by atoms with E-state index >= 15 is 0 Å². The Bertz CT molecular complexity index is 376. The molecule has 0 spiro atoms. The molecule has 1 saturated heterocycles. The summed E-state index contributed by atoms with van der Waals surface area (Å²) in [5.74, 6) is -0.948. The van der Waals surface area contributed by atoms with Crippen LogP contribution < -0.4 is 10.9 Å². The van der Waals surface area contributed by atoms with Crippen LogP contribution in [0.4, 0.5) is 4.79 Å². The van der Waals surface area contributed by atoms with E-state index in [1.54, 1.807) is 20.8 Å². The van der Waals surface area contributed by atoms with Gasteiger partial charge in [0.05, 0.1) is 5.92 Å². The predicted octanol–water partition coefficient (Wildman–Crippen LogP) is 0.411. The van der Waals surface area contributed by atoms with Crippen molar-refractivity contribution in [2.24, 2.45) is 5.92 Å². The maximum Gasteiger partial charge on any atom is 0.410 e. The first-order valence-electron chi connectivity index (χ1n) is 6.23. The van der Waals surface area contributed by atoms with E-state index in [0.29, 0.717) is 19.5 Å². The number of rotatable bonds is 1. The van der Waals surface area contributed by atoms with E-state index in [4.69, 9.17) is 4.74 Å². The van der Waals surface area contributed by atoms with Gasteiger partial charge in [-0.1, -0.05) is 0 Å². The Balaban J connectivity index is 2.43. The van der Waals surface area contributed by atoms with Gasteiger partial charge in [-0.05, 0) is 27.2 Å². The van der Waals surface area contributed by atoms with Gasteiger partial charge in [0, 0.05) is 20.0 Å². The first kappa shape index (κ1) is 15.3. The van der Waals surface area contributed by atoms with Crippen LogP contribution in [0.2, 0.25) is 0 Å². The lowest BCUT2D eigenvalue weighted by Gasteiger charge is -2.24. The van der Waals surface area contributed by atoms with Crippen LogP contribution in [0.3, 0.4) is 0 Å². The van der Waals surface area contributed by atoms with Gasteiger partial charge in [0.2, 0.25) is 11.8 Å². The van der Waals surface area contributed by atoms with Crippen molar-refractivity contribution in [3.05, 3.63) is 0 Å². The van der Waals surface area contributed by atoms with Gasteiger partial charge < -0.3 is 9.64 Å². The molecule has 7 heteroatoms. The normalized spacial score (nSPS) is 18.9. The molecule has 3 amide bonds. The first-order chi connectivity index (χ1) is 8.69. The summed E-state index contributed by atoms with van der Waals surface area (Å²) in [5.41, 5.74) is 4.00. The van der Waals surface area contributed by atoms with Gasteiger partial charge in [0.25, 0.3) is 0 Å². The van der Waals surface area contributed by atoms with Crippen LogP contribution in [0.1, 0.15) is 34.1 Å². The molecule has 19 heavy (non-hydrogen) atoms. The molecule has 0 aromatic carbocycles. The van der Waals surface area contributed by atoms with Crippen LogP contribution in [0.15, 0.2) is 0 Å². The Morgan fingerprint density at radius 3 is 2.37 bits per heavy atom. The second-order valence-electron chi connectivity index (χ2n) is 5.58. The highest BCUT2D eigenvalue weighted by atomic mass is 16.6. The van der Waals surface area contributed by atoms with Crippen LogP contribution in [-0.2, 0) is 14.3 Å². The van der Waals surface area contributed by atoms with E-state index in [2.05, 4.69) is 10.9 Å². The topological polar surface area (TPSA) is 87.7 Å². The summed E-state index contributed by atoms with van der Waals surface area (Å²) in [6, 6.07) is 0. The highest BCUT2D eigenvalue weighted by Crippen LogP contribution is 2.19. The van der Waals surface area contributed by atoms with E-state index in [1.807, 2.05) is 0 Å². The van der Waals surface area contributed by atoms with Crippen molar-refractivity contribution in [2.75, 3.05) is 13.1 Å². The highest BCUT2D eigenvalue weighted by molar-refractivity contribution is 5.83. The molecule has 1 heterocycles. The van der Waals surface area contributed by atoms with Crippen LogP contribution in [-0.4, -0.2) is 41.5 Å². The zero-order chi connectivity index (χ0) is 14.6. The average molecular weight is 271 g/mol. The smallest absolute Gasteiger partial charge is 0.410 e. The lowest BCUT2D eigenvalue weighted by Crippen LogP contribution is -2.44. The zero-order valence-electron chi connectivity index (χ0n) is 11.8. The van der Waals surface area contributed by atoms with E-state index < -0.39 is 11.7 Å². The summed E-state index contributed by atoms with van der Waals surface area (Å²) < 4.78 is 5.23. The van der Waals surface area contributed by atoms with E-state index in [0.717, 1.165) is 0 Å². The number of nitrogens with zero attached hydrogens (tertiary/aromatic N) is 1. The van der Waals surface area contributed by atoms with Gasteiger partial charge in [-0.15, -0.1) is 0 Å². The zero-order valence-corrected chi connectivity index (χ0v) is 11.8. The maximum absolute atomic E-state index is 11.8. The molecule has 1 unspecified atom stereocenters. The van der Waals surface area contributed by atoms with Crippen molar-refractivity contribution >= 4 is 17.9 Å². The summed E-state index contributed by atoms with van der Waals surface area (Å²) in [4.78, 5) is 35.7. The van der Waals surface area contributed by atoms with E-state index in [-0.39, 0.29) is 17.7 Å². The molecule has 1 atom stereocenters. The quantitative estimate of drug-likeness (QED) is 0.676. The molecule has 7 nitrogen and oxygen atoms in total. The molecule has 1 aliphatic heterocycles. The van der Waals surface area contributed by atoms with Crippen LogP contribution in [0.25, 0.3) is 0 Å². The minimum atomic E-state index is -0.548. The first-order valence-corrected chi connectivity index (χ1v) is 6.23. The Labute approximate surface area is 112 Å². The molecular formula is C12H21N3O4. The number of carbonyl (C=O) groups excluding carboxylic acids is 3. The summed E-state index contributed by atoms with van der Waals surface area (Å²) in [6.07, 6.45) is 0.146. The minimum absolute atomic E-state index is 0.291. The molecule has 2 N–H and O–H groups in total. The lowest BCUT2D eigenvalue weighted by atomic mass is 10.1. The minimum Gasteiger partial charge on any atom is -0.444 e. The van der Waals surface area contributed by atoms with E-state index in [9.17, 15) is 14.4 Å². The van der Waals surface area contributed by atoms with Gasteiger partial charge in [0.15, 0.2) is 0 Å². The predicted molar refractivity (Wildman–Crippen MR) is 67.9 cm³/mol. The van der Waals surface area contributed by atoms with Crippen LogP contribution in [0.5, 0.6) is 0 Å². The molecule has 108 valence electrons. The number of hydrazine groups is 1. The summed E-state index contributed by atoms with van der Waals surface area (Å²) >= 11 is 0. The SMILES string of the molecule is CC(=O)NNC(=O)C1CCN(C(=O)OC(C)(C)C)C1. The molecule has 1 aliphatic rings. The largest absolute Gasteiger partial charge is 0.444 e. The fourth-order valence-electron chi connectivity index (χ4n) is 1.72. The third-order valence-electron chi connectivity index (χ3n) is 2.57. The number of likely N-dealkylation sites (tertiary alicyclic amines) is 1. The Kier molecular flexibility index (Phi) is 4.74. The van der Waals surface area contributed by atoms with Gasteiger partial charge in [-0.3, -0.25) is 20.4 Å². The number of hydrogen-bond acceptors (Lipinski definition) is 4. The average Bonchev–Trinajstić information content (AvgIpc) is 2.72. The molecule has 0 aliphatic carbocycles. The van der Waals surface area contributed by atoms with Crippen molar-refractivity contribution in [3.63, 3.8) is 0 Å². The second-order valence-corrected chi connectivity index (χ2v) is 5.58. The molecule has 0 bridgehead atoms. The fraction of sp³-hybridized carbons (Fsp3) is 0.750. The van der Waals surface area contributed by atoms with Gasteiger partial charge in [-0.25, -0.2) is 4.79 Å². The fourth-order valence-corrected chi connectivity index (χ4v) is 1.72. The lowest BCUT2D eigenvalue weighted by molar-refractivity contribution is -0.130. The van der Waals surface area contributed by atoms with Crippen molar-refractivity contribution in [1.82, 2.24) is 15.8 Å². The van der Waals surface area contributed by atoms with E-state index in [1.165, 1.54) is 11.8 Å². The van der Waals surface area contributed by atoms with Crippen molar-refractivity contribution < 1.29 is 19.1 Å². The second kappa shape index (κ2) is 5.90. The molecular weight excluding hydrogens is 250 g/mol. The number of hydrogen-bond donors (Lipinski definition) is 2. The number of carbonyl (C=O) groups is 3. The van der Waals surface area contributed by atoms with Crippen molar-refractivity contribution in [2.45, 2.75) is 39.7 Å². The van der Waals surface area contributed by atoms with Crippen molar-refractivity contribution in [3.8, 4) is 0 Å². The molecule has 0 radical (unpaired) electrons. The summed E-state index contributed by atoms with van der Waals surface area (Å²) in [7, 11) is 0. The monoisotopic (exact) mass is 271 g/mol. The summed E-state index contributed by atoms with van der Waals surface area (Å²) in [6.45, 7) is 7.47. The van der Waals surface area contributed by atoms with Gasteiger partial charge in [0.1, 0.15) is 5.60 Å². The maximum atomic E-state index is 11.8. The van der Waals surface area contributed by atoms with Gasteiger partial charge in [-0.2, -0.15) is 0 Å². The Hall–Kier alpha value is -1.79. The highest BCUT2D eigenvalue weighted by Gasteiger charge is 2.33. The van der Waals surface area contributed by atoms with Gasteiger partial charge >= 0.3 is 6.09 Å². The molecule has 1 fully saturated rings. The van der Waals surface area contributed by atoms with Crippen molar-refractivity contribution in [1.29, 1.82) is 0 Å². The molecule has 0 aromatic rings. The number of nitrogens with one attached hydrogen (secondary N) is 2. The summed E-state index contributed by atoms with van der Waals surface area (Å²) in [5, 5.41) is 0. The number of ether oxygens (including phenoxy) is 1. The molecule has 0 aromatic heterocycles. The Morgan fingerprint density at radius 1 is 1.21 bits per heavy atom. The molecule has 1 rings (SSSR count). The Morgan fingerprint density at radius 2 is 1.84 bits per heavy atom. The van der Waals surface area contributed by atoms with Crippen LogP contribution >= 0.6 is 0 Å². The standard InChI is InChI=1S/C12H21N3O4/c1-8(16)13-14-10(17)9-5-6-15(7-9)11(18)19-12(2,3)4/h9H,5-7H2,1-4H3,(H,13,16)(H,14,17).